The maximum Gasteiger partial charge on any atom is 0.264 e. The second-order valence-corrected chi connectivity index (χ2v) is 12.5. The lowest BCUT2D eigenvalue weighted by Gasteiger charge is -2.35. The van der Waals surface area contributed by atoms with E-state index in [1.165, 1.54) is 24.1 Å². The van der Waals surface area contributed by atoms with E-state index in [0.29, 0.717) is 12.2 Å². The molecule has 0 saturated carbocycles. The molecule has 2 amide bonds. The summed E-state index contributed by atoms with van der Waals surface area (Å²) in [6.07, 6.45) is 0.351. The first-order valence-electron chi connectivity index (χ1n) is 13.2. The zero-order valence-electron chi connectivity index (χ0n) is 24.0. The van der Waals surface area contributed by atoms with Gasteiger partial charge in [0.05, 0.1) is 17.7 Å². The predicted molar refractivity (Wildman–Crippen MR) is 158 cm³/mol. The molecular formula is C31H39N3O5S. The van der Waals surface area contributed by atoms with Gasteiger partial charge in [0.25, 0.3) is 10.0 Å². The number of sulfonamides is 1. The molecule has 0 spiro atoms. The Balaban J connectivity index is 2.09. The fraction of sp³-hybridized carbons (Fsp3) is 0.355. The van der Waals surface area contributed by atoms with Crippen molar-refractivity contribution >= 4 is 27.5 Å². The van der Waals surface area contributed by atoms with E-state index in [1.54, 1.807) is 42.5 Å². The molecule has 0 aliphatic rings. The molecule has 3 rings (SSSR count). The van der Waals surface area contributed by atoms with Crippen LogP contribution in [-0.4, -0.2) is 50.4 Å². The van der Waals surface area contributed by atoms with E-state index < -0.39 is 34.1 Å². The van der Waals surface area contributed by atoms with Crippen LogP contribution in [0.3, 0.4) is 0 Å². The number of aryl methyl sites for hydroxylation is 1. The van der Waals surface area contributed by atoms with Gasteiger partial charge in [-0.15, -0.1) is 0 Å². The van der Waals surface area contributed by atoms with E-state index in [9.17, 15) is 18.0 Å². The maximum atomic E-state index is 14.2. The van der Waals surface area contributed by atoms with Crippen molar-refractivity contribution in [3.8, 4) is 5.75 Å². The van der Waals surface area contributed by atoms with Crippen LogP contribution in [0.4, 0.5) is 5.69 Å². The fourth-order valence-electron chi connectivity index (χ4n) is 4.36. The highest BCUT2D eigenvalue weighted by Crippen LogP contribution is 2.28. The molecule has 0 fully saturated rings. The van der Waals surface area contributed by atoms with Gasteiger partial charge in [-0.3, -0.25) is 13.9 Å². The average molecular weight is 566 g/mol. The third kappa shape index (κ3) is 7.63. The fourth-order valence-corrected chi connectivity index (χ4v) is 5.78. The number of rotatable bonds is 11. The number of hydrogen-bond acceptors (Lipinski definition) is 5. The summed E-state index contributed by atoms with van der Waals surface area (Å²) >= 11 is 0. The van der Waals surface area contributed by atoms with Crippen LogP contribution in [0.2, 0.25) is 0 Å². The first-order valence-corrected chi connectivity index (χ1v) is 14.7. The second-order valence-electron chi connectivity index (χ2n) is 10.6. The Kier molecular flexibility index (Phi) is 9.98. The first-order chi connectivity index (χ1) is 18.9. The molecule has 1 atom stereocenters. The highest BCUT2D eigenvalue weighted by Gasteiger charge is 2.34. The molecule has 3 aromatic rings. The summed E-state index contributed by atoms with van der Waals surface area (Å²) in [6.45, 7) is 9.06. The van der Waals surface area contributed by atoms with Gasteiger partial charge < -0.3 is 15.0 Å². The quantitative estimate of drug-likeness (QED) is 0.356. The van der Waals surface area contributed by atoms with Crippen LogP contribution in [0.15, 0.2) is 83.8 Å². The summed E-state index contributed by atoms with van der Waals surface area (Å²) in [5.41, 5.74) is 1.61. The molecule has 0 saturated heterocycles. The van der Waals surface area contributed by atoms with Crippen LogP contribution in [0, 0.1) is 6.92 Å². The Labute approximate surface area is 238 Å². The van der Waals surface area contributed by atoms with E-state index in [2.05, 4.69) is 5.32 Å². The van der Waals surface area contributed by atoms with Gasteiger partial charge in [-0.2, -0.15) is 0 Å². The van der Waals surface area contributed by atoms with Gasteiger partial charge in [0.15, 0.2) is 0 Å². The molecule has 8 nitrogen and oxygen atoms in total. The largest absolute Gasteiger partial charge is 0.497 e. The first kappa shape index (κ1) is 30.7. The zero-order chi connectivity index (χ0) is 29.5. The Morgan fingerprint density at radius 3 is 2.20 bits per heavy atom. The lowest BCUT2D eigenvalue weighted by molar-refractivity contribution is -0.141. The summed E-state index contributed by atoms with van der Waals surface area (Å²) in [5, 5.41) is 2.98. The van der Waals surface area contributed by atoms with Crippen molar-refractivity contribution < 1.29 is 22.7 Å². The van der Waals surface area contributed by atoms with Gasteiger partial charge in [0.1, 0.15) is 18.3 Å². The number of ether oxygens (including phenoxy) is 1. The summed E-state index contributed by atoms with van der Waals surface area (Å²) in [5.74, 6) is -0.344. The van der Waals surface area contributed by atoms with Crippen molar-refractivity contribution in [3.63, 3.8) is 0 Å². The summed E-state index contributed by atoms with van der Waals surface area (Å²) < 4.78 is 34.2. The molecular weight excluding hydrogens is 526 g/mol. The Bertz CT molecular complexity index is 1420. The molecule has 0 aliphatic carbocycles. The van der Waals surface area contributed by atoms with Crippen LogP contribution in [0.5, 0.6) is 5.75 Å². The van der Waals surface area contributed by atoms with E-state index in [-0.39, 0.29) is 23.0 Å². The molecule has 0 bridgehead atoms. The standard InChI is InChI=1S/C31H39N3O5S/c1-7-28(30(36)32-31(3,4)5)33(21-24-15-12-11-14-23(24)2)29(35)22-34(25-16-13-17-26(20-25)39-6)40(37,38)27-18-9-8-10-19-27/h8-20,28H,7,21-22H2,1-6H3,(H,32,36). The van der Waals surface area contributed by atoms with Crippen molar-refractivity contribution in [2.75, 3.05) is 18.0 Å². The van der Waals surface area contributed by atoms with Gasteiger partial charge in [0, 0.05) is 18.2 Å². The Morgan fingerprint density at radius 1 is 0.950 bits per heavy atom. The third-order valence-corrected chi connectivity index (χ3v) is 8.23. The number of carbonyl (C=O) groups is 2. The second kappa shape index (κ2) is 13.0. The number of nitrogens with zero attached hydrogens (tertiary/aromatic N) is 2. The third-order valence-electron chi connectivity index (χ3n) is 6.44. The zero-order valence-corrected chi connectivity index (χ0v) is 24.9. The molecule has 0 radical (unpaired) electrons. The van der Waals surface area contributed by atoms with Crippen LogP contribution in [0.25, 0.3) is 0 Å². The maximum absolute atomic E-state index is 14.2. The van der Waals surface area contributed by atoms with E-state index >= 15 is 0 Å². The van der Waals surface area contributed by atoms with Gasteiger partial charge in [0.2, 0.25) is 11.8 Å². The Morgan fingerprint density at radius 2 is 1.60 bits per heavy atom. The Hall–Kier alpha value is -3.85. The monoisotopic (exact) mass is 565 g/mol. The normalized spacial score (nSPS) is 12.3. The molecule has 1 N–H and O–H groups in total. The van der Waals surface area contributed by atoms with Crippen molar-refractivity contribution in [1.82, 2.24) is 10.2 Å². The summed E-state index contributed by atoms with van der Waals surface area (Å²) in [4.78, 5) is 29.1. The minimum Gasteiger partial charge on any atom is -0.497 e. The SMILES string of the molecule is CCC(C(=O)NC(C)(C)C)N(Cc1ccccc1C)C(=O)CN(c1cccc(OC)c1)S(=O)(=O)c1ccccc1. The number of nitrogens with one attached hydrogen (secondary N) is 1. The van der Waals surface area contributed by atoms with Gasteiger partial charge >= 0.3 is 0 Å². The van der Waals surface area contributed by atoms with Crippen molar-refractivity contribution in [2.45, 2.75) is 64.1 Å². The molecule has 0 aromatic heterocycles. The van der Waals surface area contributed by atoms with Crippen LogP contribution >= 0.6 is 0 Å². The molecule has 214 valence electrons. The number of anilines is 1. The molecule has 1 unspecified atom stereocenters. The number of methoxy groups -OCH3 is 1. The number of carbonyl (C=O) groups excluding carboxylic acids is 2. The van der Waals surface area contributed by atoms with E-state index in [0.717, 1.165) is 15.4 Å². The summed E-state index contributed by atoms with van der Waals surface area (Å²) in [7, 11) is -2.65. The average Bonchev–Trinajstić information content (AvgIpc) is 2.92. The smallest absolute Gasteiger partial charge is 0.264 e. The van der Waals surface area contributed by atoms with E-state index in [1.807, 2.05) is 58.9 Å². The van der Waals surface area contributed by atoms with Gasteiger partial charge in [-0.1, -0.05) is 55.5 Å². The van der Waals surface area contributed by atoms with Crippen molar-refractivity contribution in [3.05, 3.63) is 90.0 Å². The van der Waals surface area contributed by atoms with Crippen LogP contribution < -0.4 is 14.4 Å². The lowest BCUT2D eigenvalue weighted by atomic mass is 10.0. The van der Waals surface area contributed by atoms with Crippen molar-refractivity contribution in [2.24, 2.45) is 0 Å². The minimum absolute atomic E-state index is 0.0496. The van der Waals surface area contributed by atoms with Crippen molar-refractivity contribution in [1.29, 1.82) is 0 Å². The predicted octanol–water partition coefficient (Wildman–Crippen LogP) is 4.92. The number of amides is 2. The van der Waals surface area contributed by atoms with Gasteiger partial charge in [-0.05, 0) is 69.5 Å². The van der Waals surface area contributed by atoms with Gasteiger partial charge in [-0.25, -0.2) is 8.42 Å². The highest BCUT2D eigenvalue weighted by atomic mass is 32.2. The number of hydrogen-bond donors (Lipinski definition) is 1. The van der Waals surface area contributed by atoms with E-state index in [4.69, 9.17) is 4.74 Å². The highest BCUT2D eigenvalue weighted by molar-refractivity contribution is 7.92. The summed E-state index contributed by atoms with van der Waals surface area (Å²) in [6, 6.07) is 21.4. The molecule has 0 aliphatic heterocycles. The number of benzene rings is 3. The molecule has 0 heterocycles. The van der Waals surface area contributed by atoms with Crippen LogP contribution in [-0.2, 0) is 26.2 Å². The molecule has 40 heavy (non-hydrogen) atoms. The van der Waals surface area contributed by atoms with Crippen LogP contribution in [0.1, 0.15) is 45.2 Å². The minimum atomic E-state index is -4.14. The lowest BCUT2D eigenvalue weighted by Crippen LogP contribution is -2.55. The topological polar surface area (TPSA) is 96.0 Å². The molecule has 9 heteroatoms. The molecule has 3 aromatic carbocycles.